The van der Waals surface area contributed by atoms with Crippen LogP contribution in [0.2, 0.25) is 0 Å². The number of benzene rings is 3. The van der Waals surface area contributed by atoms with Gasteiger partial charge in [-0.1, -0.05) is 67.6 Å². The van der Waals surface area contributed by atoms with E-state index in [1.54, 1.807) is 6.07 Å². The van der Waals surface area contributed by atoms with E-state index in [1.807, 2.05) is 55.5 Å². The van der Waals surface area contributed by atoms with Gasteiger partial charge in [-0.15, -0.1) is 0 Å². The minimum atomic E-state index is -0.119. The molecule has 0 radical (unpaired) electrons. The summed E-state index contributed by atoms with van der Waals surface area (Å²) in [7, 11) is 0. The second-order valence-electron chi connectivity index (χ2n) is 6.46. The summed E-state index contributed by atoms with van der Waals surface area (Å²) in [5.41, 5.74) is 10.1. The number of anilines is 2. The van der Waals surface area contributed by atoms with Crippen LogP contribution >= 0.6 is 0 Å². The van der Waals surface area contributed by atoms with Crippen LogP contribution in [0.15, 0.2) is 78.9 Å². The molecular weight excluding hydrogens is 334 g/mol. The fourth-order valence-electron chi connectivity index (χ4n) is 3.01. The number of amides is 1. The number of hydrogen-bond acceptors (Lipinski definition) is 3. The van der Waals surface area contributed by atoms with Crippen LogP contribution in [0.25, 0.3) is 0 Å². The maximum atomic E-state index is 12.6. The molecular formula is C23H25N3O. The zero-order valence-corrected chi connectivity index (χ0v) is 15.5. The van der Waals surface area contributed by atoms with Crippen LogP contribution in [0.1, 0.15) is 40.9 Å². The third-order valence-electron chi connectivity index (χ3n) is 4.39. The molecule has 0 aliphatic carbocycles. The van der Waals surface area contributed by atoms with E-state index in [9.17, 15) is 4.79 Å². The summed E-state index contributed by atoms with van der Waals surface area (Å²) in [6, 6.07) is 25.7. The van der Waals surface area contributed by atoms with E-state index in [0.717, 1.165) is 23.2 Å². The Morgan fingerprint density at radius 3 is 2.07 bits per heavy atom. The predicted octanol–water partition coefficient (Wildman–Crippen LogP) is 4.61. The van der Waals surface area contributed by atoms with E-state index in [-0.39, 0.29) is 11.9 Å². The standard InChI is InChI=1S/C23H25N3O/c1-2-15-25-23(27)20-16-19(24)13-14-21(20)26-22(17-9-5-3-6-10-17)18-11-7-4-8-12-18/h3-14,16,22,26H,2,15,24H2,1H3,(H,25,27). The summed E-state index contributed by atoms with van der Waals surface area (Å²) in [6.45, 7) is 2.66. The minimum absolute atomic E-state index is 0.0752. The first-order chi connectivity index (χ1) is 13.2. The Morgan fingerprint density at radius 2 is 1.52 bits per heavy atom. The van der Waals surface area contributed by atoms with E-state index in [1.165, 1.54) is 0 Å². The van der Waals surface area contributed by atoms with Gasteiger partial charge < -0.3 is 16.4 Å². The fourth-order valence-corrected chi connectivity index (χ4v) is 3.01. The van der Waals surface area contributed by atoms with Crippen molar-refractivity contribution in [3.63, 3.8) is 0 Å². The molecule has 138 valence electrons. The lowest BCUT2D eigenvalue weighted by molar-refractivity contribution is 0.0954. The molecule has 0 saturated carbocycles. The lowest BCUT2D eigenvalue weighted by Gasteiger charge is -2.23. The van der Waals surface area contributed by atoms with Crippen molar-refractivity contribution < 1.29 is 4.79 Å². The first-order valence-corrected chi connectivity index (χ1v) is 9.23. The topological polar surface area (TPSA) is 67.2 Å². The molecule has 0 fully saturated rings. The van der Waals surface area contributed by atoms with Crippen LogP contribution in [0, 0.1) is 0 Å². The van der Waals surface area contributed by atoms with Gasteiger partial charge in [-0.25, -0.2) is 0 Å². The van der Waals surface area contributed by atoms with Crippen LogP contribution < -0.4 is 16.4 Å². The Hall–Kier alpha value is -3.27. The first-order valence-electron chi connectivity index (χ1n) is 9.23. The zero-order valence-electron chi connectivity index (χ0n) is 15.5. The van der Waals surface area contributed by atoms with Crippen LogP contribution in [-0.2, 0) is 0 Å². The molecule has 0 unspecified atom stereocenters. The molecule has 0 heterocycles. The Balaban J connectivity index is 1.98. The second-order valence-corrected chi connectivity index (χ2v) is 6.46. The summed E-state index contributed by atoms with van der Waals surface area (Å²) in [5, 5.41) is 6.48. The van der Waals surface area contributed by atoms with Crippen molar-refractivity contribution in [3.8, 4) is 0 Å². The Morgan fingerprint density at radius 1 is 0.926 bits per heavy atom. The molecule has 4 N–H and O–H groups in total. The smallest absolute Gasteiger partial charge is 0.253 e. The van der Waals surface area contributed by atoms with Crippen LogP contribution in [0.4, 0.5) is 11.4 Å². The lowest BCUT2D eigenvalue weighted by atomic mass is 9.97. The normalized spacial score (nSPS) is 10.6. The van der Waals surface area contributed by atoms with Gasteiger partial charge in [0.1, 0.15) is 0 Å². The molecule has 4 nitrogen and oxygen atoms in total. The molecule has 0 bridgehead atoms. The highest BCUT2D eigenvalue weighted by Crippen LogP contribution is 2.29. The predicted molar refractivity (Wildman–Crippen MR) is 112 cm³/mol. The lowest BCUT2D eigenvalue weighted by Crippen LogP contribution is -2.26. The molecule has 0 aromatic heterocycles. The zero-order chi connectivity index (χ0) is 19.1. The number of carbonyl (C=O) groups is 1. The van der Waals surface area contributed by atoms with E-state index >= 15 is 0 Å². The van der Waals surface area contributed by atoms with Gasteiger partial charge in [0.25, 0.3) is 5.91 Å². The summed E-state index contributed by atoms with van der Waals surface area (Å²) in [6.07, 6.45) is 0.882. The molecule has 0 atom stereocenters. The third-order valence-corrected chi connectivity index (χ3v) is 4.39. The number of nitrogens with two attached hydrogens (primary N) is 1. The van der Waals surface area contributed by atoms with Crippen molar-refractivity contribution in [2.24, 2.45) is 0 Å². The second kappa shape index (κ2) is 8.90. The fraction of sp³-hybridized carbons (Fsp3) is 0.174. The van der Waals surface area contributed by atoms with Gasteiger partial charge in [0, 0.05) is 17.9 Å². The first kappa shape index (κ1) is 18.5. The SMILES string of the molecule is CCCNC(=O)c1cc(N)ccc1NC(c1ccccc1)c1ccccc1. The van der Waals surface area contributed by atoms with Gasteiger partial charge in [-0.2, -0.15) is 0 Å². The highest BCUT2D eigenvalue weighted by atomic mass is 16.1. The number of nitrogens with one attached hydrogen (secondary N) is 2. The molecule has 3 rings (SSSR count). The molecule has 0 saturated heterocycles. The van der Waals surface area contributed by atoms with E-state index in [2.05, 4.69) is 34.9 Å². The van der Waals surface area contributed by atoms with Gasteiger partial charge in [0.15, 0.2) is 0 Å². The number of rotatable bonds is 7. The van der Waals surface area contributed by atoms with Crippen molar-refractivity contribution in [2.75, 3.05) is 17.6 Å². The maximum Gasteiger partial charge on any atom is 0.253 e. The molecule has 4 heteroatoms. The summed E-state index contributed by atoms with van der Waals surface area (Å²) >= 11 is 0. The summed E-state index contributed by atoms with van der Waals surface area (Å²) in [4.78, 5) is 12.6. The van der Waals surface area contributed by atoms with E-state index in [0.29, 0.717) is 17.8 Å². The molecule has 0 spiro atoms. The minimum Gasteiger partial charge on any atom is -0.399 e. The van der Waals surface area contributed by atoms with Crippen molar-refractivity contribution in [3.05, 3.63) is 95.6 Å². The van der Waals surface area contributed by atoms with Gasteiger partial charge in [-0.3, -0.25) is 4.79 Å². The van der Waals surface area contributed by atoms with Crippen LogP contribution in [0.5, 0.6) is 0 Å². The number of carbonyl (C=O) groups excluding carboxylic acids is 1. The molecule has 27 heavy (non-hydrogen) atoms. The molecule has 0 aliphatic heterocycles. The van der Waals surface area contributed by atoms with Crippen molar-refractivity contribution >= 4 is 17.3 Å². The molecule has 1 amide bonds. The van der Waals surface area contributed by atoms with Crippen LogP contribution in [-0.4, -0.2) is 12.5 Å². The molecule has 0 aliphatic rings. The van der Waals surface area contributed by atoms with Gasteiger partial charge >= 0.3 is 0 Å². The van der Waals surface area contributed by atoms with Gasteiger partial charge in [-0.05, 0) is 35.7 Å². The Labute approximate surface area is 160 Å². The monoisotopic (exact) mass is 359 g/mol. The van der Waals surface area contributed by atoms with Crippen molar-refractivity contribution in [1.29, 1.82) is 0 Å². The highest BCUT2D eigenvalue weighted by Gasteiger charge is 2.18. The van der Waals surface area contributed by atoms with E-state index < -0.39 is 0 Å². The van der Waals surface area contributed by atoms with Crippen LogP contribution in [0.3, 0.4) is 0 Å². The van der Waals surface area contributed by atoms with Gasteiger partial charge in [0.05, 0.1) is 11.6 Å². The van der Waals surface area contributed by atoms with E-state index in [4.69, 9.17) is 5.73 Å². The van der Waals surface area contributed by atoms with Crippen molar-refractivity contribution in [2.45, 2.75) is 19.4 Å². The summed E-state index contributed by atoms with van der Waals surface area (Å²) < 4.78 is 0. The average Bonchev–Trinajstić information content (AvgIpc) is 2.72. The van der Waals surface area contributed by atoms with Crippen molar-refractivity contribution in [1.82, 2.24) is 5.32 Å². The third kappa shape index (κ3) is 4.67. The number of hydrogen-bond donors (Lipinski definition) is 3. The average molecular weight is 359 g/mol. The molecule has 3 aromatic rings. The summed E-state index contributed by atoms with van der Waals surface area (Å²) in [5.74, 6) is -0.119. The maximum absolute atomic E-state index is 12.6. The molecule has 3 aromatic carbocycles. The van der Waals surface area contributed by atoms with Gasteiger partial charge in [0.2, 0.25) is 0 Å². The number of nitrogen functional groups attached to an aromatic ring is 1. The Bertz CT molecular complexity index is 839. The highest BCUT2D eigenvalue weighted by molar-refractivity contribution is 6.00. The largest absolute Gasteiger partial charge is 0.399 e. The Kier molecular flexibility index (Phi) is 6.10. The quantitative estimate of drug-likeness (QED) is 0.540.